The highest BCUT2D eigenvalue weighted by molar-refractivity contribution is 7.99. The maximum atomic E-state index is 12.5. The van der Waals surface area contributed by atoms with Crippen molar-refractivity contribution in [2.45, 2.75) is 31.4 Å². The third-order valence-corrected chi connectivity index (χ3v) is 5.65. The van der Waals surface area contributed by atoms with Crippen molar-refractivity contribution in [2.24, 2.45) is 0 Å². The Balaban J connectivity index is 1.94. The van der Waals surface area contributed by atoms with Crippen LogP contribution in [0.5, 0.6) is 17.2 Å². The third kappa shape index (κ3) is 6.15. The van der Waals surface area contributed by atoms with E-state index < -0.39 is 0 Å². The molecular formula is C22H27NO5S. The second-order valence-corrected chi connectivity index (χ2v) is 7.77. The van der Waals surface area contributed by atoms with Crippen molar-refractivity contribution in [2.75, 3.05) is 21.3 Å². The van der Waals surface area contributed by atoms with Gasteiger partial charge in [-0.2, -0.15) is 0 Å². The van der Waals surface area contributed by atoms with E-state index in [1.807, 2.05) is 31.2 Å². The molecule has 0 heterocycles. The topological polar surface area (TPSA) is 73.9 Å². The SMILES string of the molecule is COc1ccc(C(C)=O)cc1CSC(C)C(=O)NCc1ccc(OC)c(OC)c1. The van der Waals surface area contributed by atoms with Crippen molar-refractivity contribution in [1.29, 1.82) is 0 Å². The molecule has 0 radical (unpaired) electrons. The van der Waals surface area contributed by atoms with Gasteiger partial charge in [-0.25, -0.2) is 0 Å². The number of thioether (sulfide) groups is 1. The maximum absolute atomic E-state index is 12.5. The number of amides is 1. The smallest absolute Gasteiger partial charge is 0.233 e. The summed E-state index contributed by atoms with van der Waals surface area (Å²) in [5.74, 6) is 2.48. The highest BCUT2D eigenvalue weighted by Gasteiger charge is 2.16. The lowest BCUT2D eigenvalue weighted by molar-refractivity contribution is -0.120. The molecule has 0 aliphatic rings. The van der Waals surface area contributed by atoms with Crippen molar-refractivity contribution in [1.82, 2.24) is 5.32 Å². The number of ether oxygens (including phenoxy) is 3. The fraction of sp³-hybridized carbons (Fsp3) is 0.364. The van der Waals surface area contributed by atoms with Gasteiger partial charge < -0.3 is 19.5 Å². The van der Waals surface area contributed by atoms with Crippen LogP contribution in [0.3, 0.4) is 0 Å². The van der Waals surface area contributed by atoms with E-state index in [4.69, 9.17) is 14.2 Å². The van der Waals surface area contributed by atoms with Gasteiger partial charge in [0.25, 0.3) is 0 Å². The Bertz CT molecular complexity index is 868. The fourth-order valence-electron chi connectivity index (χ4n) is 2.72. The zero-order chi connectivity index (χ0) is 21.4. The normalized spacial score (nSPS) is 11.5. The number of carbonyl (C=O) groups excluding carboxylic acids is 2. The first-order valence-electron chi connectivity index (χ1n) is 9.17. The van der Waals surface area contributed by atoms with Crippen molar-refractivity contribution >= 4 is 23.5 Å². The summed E-state index contributed by atoms with van der Waals surface area (Å²) >= 11 is 1.49. The van der Waals surface area contributed by atoms with E-state index >= 15 is 0 Å². The van der Waals surface area contributed by atoms with Crippen LogP contribution in [0.2, 0.25) is 0 Å². The van der Waals surface area contributed by atoms with E-state index in [0.717, 1.165) is 11.1 Å². The van der Waals surface area contributed by atoms with E-state index in [-0.39, 0.29) is 16.9 Å². The largest absolute Gasteiger partial charge is 0.496 e. The molecule has 0 aliphatic carbocycles. The molecule has 1 N–H and O–H groups in total. The molecule has 1 unspecified atom stereocenters. The predicted molar refractivity (Wildman–Crippen MR) is 115 cm³/mol. The molecule has 2 aromatic rings. The van der Waals surface area contributed by atoms with Crippen LogP contribution in [-0.4, -0.2) is 38.3 Å². The van der Waals surface area contributed by atoms with Crippen LogP contribution in [0.25, 0.3) is 0 Å². The number of hydrogen-bond donors (Lipinski definition) is 1. The van der Waals surface area contributed by atoms with Crippen LogP contribution in [0.15, 0.2) is 36.4 Å². The van der Waals surface area contributed by atoms with E-state index in [0.29, 0.717) is 35.1 Å². The summed E-state index contributed by atoms with van der Waals surface area (Å²) in [6.45, 7) is 3.78. The molecule has 6 nitrogen and oxygen atoms in total. The molecule has 0 fully saturated rings. The first-order valence-corrected chi connectivity index (χ1v) is 10.2. The number of hydrogen-bond acceptors (Lipinski definition) is 6. The summed E-state index contributed by atoms with van der Waals surface area (Å²) in [7, 11) is 4.75. The lowest BCUT2D eigenvalue weighted by Crippen LogP contribution is -2.30. The number of nitrogens with one attached hydrogen (secondary N) is 1. The molecule has 0 spiro atoms. The second kappa shape index (κ2) is 10.8. The minimum atomic E-state index is -0.263. The molecule has 7 heteroatoms. The highest BCUT2D eigenvalue weighted by atomic mass is 32.2. The van der Waals surface area contributed by atoms with Crippen molar-refractivity contribution in [3.8, 4) is 17.2 Å². The molecule has 0 saturated carbocycles. The molecular weight excluding hydrogens is 390 g/mol. The van der Waals surface area contributed by atoms with Crippen molar-refractivity contribution in [3.63, 3.8) is 0 Å². The van der Waals surface area contributed by atoms with Gasteiger partial charge in [0, 0.05) is 23.4 Å². The van der Waals surface area contributed by atoms with Gasteiger partial charge in [-0.1, -0.05) is 6.07 Å². The number of carbonyl (C=O) groups is 2. The Morgan fingerprint density at radius 2 is 1.62 bits per heavy atom. The number of ketones is 1. The van der Waals surface area contributed by atoms with E-state index in [9.17, 15) is 9.59 Å². The predicted octanol–water partition coefficient (Wildman–Crippen LogP) is 3.85. The lowest BCUT2D eigenvalue weighted by atomic mass is 10.1. The summed E-state index contributed by atoms with van der Waals surface area (Å²) in [6, 6.07) is 10.9. The van der Waals surface area contributed by atoms with Crippen LogP contribution < -0.4 is 19.5 Å². The lowest BCUT2D eigenvalue weighted by Gasteiger charge is -2.15. The highest BCUT2D eigenvalue weighted by Crippen LogP contribution is 2.28. The van der Waals surface area contributed by atoms with Gasteiger partial charge in [0.1, 0.15) is 5.75 Å². The third-order valence-electron chi connectivity index (χ3n) is 4.46. The zero-order valence-corrected chi connectivity index (χ0v) is 18.2. The van der Waals surface area contributed by atoms with Crippen LogP contribution in [0.1, 0.15) is 35.3 Å². The first kappa shape index (κ1) is 22.6. The Hall–Kier alpha value is -2.67. The summed E-state index contributed by atoms with van der Waals surface area (Å²) in [4.78, 5) is 24.1. The molecule has 0 bridgehead atoms. The maximum Gasteiger partial charge on any atom is 0.233 e. The summed E-state index contributed by atoms with van der Waals surface area (Å²) in [5.41, 5.74) is 2.45. The minimum absolute atomic E-state index is 0.000357. The number of benzene rings is 2. The molecule has 1 atom stereocenters. The van der Waals surface area contributed by atoms with Gasteiger partial charge >= 0.3 is 0 Å². The van der Waals surface area contributed by atoms with Gasteiger partial charge in [0.2, 0.25) is 5.91 Å². The van der Waals surface area contributed by atoms with Crippen LogP contribution in [-0.2, 0) is 17.1 Å². The van der Waals surface area contributed by atoms with Crippen molar-refractivity contribution in [3.05, 3.63) is 53.1 Å². The molecule has 2 aromatic carbocycles. The summed E-state index contributed by atoms with van der Waals surface area (Å²) < 4.78 is 15.9. The average molecular weight is 418 g/mol. The van der Waals surface area contributed by atoms with Crippen LogP contribution in [0, 0.1) is 0 Å². The number of methoxy groups -OCH3 is 3. The zero-order valence-electron chi connectivity index (χ0n) is 17.4. The van der Waals surface area contributed by atoms with Crippen LogP contribution in [0.4, 0.5) is 0 Å². The molecule has 0 saturated heterocycles. The molecule has 1 amide bonds. The minimum Gasteiger partial charge on any atom is -0.496 e. The van der Waals surface area contributed by atoms with Crippen LogP contribution >= 0.6 is 11.8 Å². The molecule has 156 valence electrons. The van der Waals surface area contributed by atoms with Gasteiger partial charge in [-0.3, -0.25) is 9.59 Å². The Labute approximate surface area is 175 Å². The van der Waals surface area contributed by atoms with Crippen molar-refractivity contribution < 1.29 is 23.8 Å². The van der Waals surface area contributed by atoms with E-state index in [1.165, 1.54) is 18.7 Å². The number of rotatable bonds is 10. The quantitative estimate of drug-likeness (QED) is 0.592. The Morgan fingerprint density at radius 1 is 0.966 bits per heavy atom. The summed E-state index contributed by atoms with van der Waals surface area (Å²) in [6.07, 6.45) is 0. The first-order chi connectivity index (χ1) is 13.9. The molecule has 2 rings (SSSR count). The average Bonchev–Trinajstić information content (AvgIpc) is 2.74. The fourth-order valence-corrected chi connectivity index (χ4v) is 3.61. The van der Waals surface area contributed by atoms with Gasteiger partial charge in [-0.05, 0) is 49.7 Å². The van der Waals surface area contributed by atoms with E-state index in [1.54, 1.807) is 33.5 Å². The van der Waals surface area contributed by atoms with Gasteiger partial charge in [0.05, 0.1) is 26.6 Å². The standard InChI is InChI=1S/C22H27NO5S/c1-14(24)17-7-9-19(26-3)18(11-17)13-29-15(2)22(25)23-12-16-6-8-20(27-4)21(10-16)28-5/h6-11,15H,12-13H2,1-5H3,(H,23,25). The Morgan fingerprint density at radius 3 is 2.24 bits per heavy atom. The monoisotopic (exact) mass is 417 g/mol. The van der Waals surface area contributed by atoms with E-state index in [2.05, 4.69) is 5.32 Å². The molecule has 29 heavy (non-hydrogen) atoms. The van der Waals surface area contributed by atoms with Gasteiger partial charge in [-0.15, -0.1) is 11.8 Å². The van der Waals surface area contributed by atoms with Gasteiger partial charge in [0.15, 0.2) is 17.3 Å². The molecule has 0 aliphatic heterocycles. The molecule has 0 aromatic heterocycles. The summed E-state index contributed by atoms with van der Waals surface area (Å²) in [5, 5.41) is 2.68. The Kier molecular flexibility index (Phi) is 8.39. The second-order valence-electron chi connectivity index (χ2n) is 6.44. The number of Topliss-reactive ketones (excluding diaryl/α,β-unsaturated/α-hetero) is 1.